The Bertz CT molecular complexity index is 739. The van der Waals surface area contributed by atoms with E-state index in [2.05, 4.69) is 5.32 Å². The van der Waals surface area contributed by atoms with E-state index in [0.717, 1.165) is 4.90 Å². The highest BCUT2D eigenvalue weighted by Crippen LogP contribution is 2.38. The lowest BCUT2D eigenvalue weighted by Gasteiger charge is -2.20. The van der Waals surface area contributed by atoms with Crippen molar-refractivity contribution < 1.29 is 14.3 Å². The average molecular weight is 370 g/mol. The Hall–Kier alpha value is -1.56. The normalized spacial score (nSPS) is 12.8. The number of ether oxygens (including phenoxy) is 2. The molecule has 1 heterocycles. The molecule has 0 atom stereocenters. The van der Waals surface area contributed by atoms with Crippen LogP contribution >= 0.6 is 35.0 Å². The van der Waals surface area contributed by atoms with Crippen molar-refractivity contribution in [1.82, 2.24) is 0 Å². The van der Waals surface area contributed by atoms with Crippen molar-refractivity contribution >= 4 is 46.6 Å². The fraction of sp³-hybridized carbons (Fsp3) is 0.188. The number of carbonyl (C=O) groups excluding carboxylic acids is 1. The molecule has 2 aromatic carbocycles. The van der Waals surface area contributed by atoms with E-state index in [1.807, 2.05) is 18.2 Å². The van der Waals surface area contributed by atoms with Gasteiger partial charge in [0.15, 0.2) is 11.5 Å². The topological polar surface area (TPSA) is 47.6 Å². The average Bonchev–Trinajstić information content (AvgIpc) is 2.55. The minimum Gasteiger partial charge on any atom is -0.486 e. The molecule has 1 aliphatic rings. The van der Waals surface area contributed by atoms with Crippen LogP contribution in [0.2, 0.25) is 10.0 Å². The third-order valence-corrected chi connectivity index (χ3v) is 4.93. The van der Waals surface area contributed by atoms with Crippen LogP contribution in [-0.2, 0) is 4.79 Å². The summed E-state index contributed by atoms with van der Waals surface area (Å²) in [5.41, 5.74) is 0.501. The summed E-state index contributed by atoms with van der Waals surface area (Å²) >= 11 is 13.6. The van der Waals surface area contributed by atoms with Crippen molar-refractivity contribution in [3.63, 3.8) is 0 Å². The second kappa shape index (κ2) is 7.34. The number of amides is 1. The first-order valence-electron chi connectivity index (χ1n) is 6.90. The molecule has 1 aliphatic heterocycles. The third-order valence-electron chi connectivity index (χ3n) is 3.10. The molecule has 0 radical (unpaired) electrons. The highest BCUT2D eigenvalue weighted by Gasteiger charge is 2.16. The van der Waals surface area contributed by atoms with E-state index < -0.39 is 0 Å². The fourth-order valence-electron chi connectivity index (χ4n) is 2.05. The molecule has 7 heteroatoms. The Kier molecular flexibility index (Phi) is 5.20. The van der Waals surface area contributed by atoms with Crippen LogP contribution in [0.25, 0.3) is 0 Å². The van der Waals surface area contributed by atoms with Gasteiger partial charge in [0.2, 0.25) is 5.91 Å². The van der Waals surface area contributed by atoms with Crippen molar-refractivity contribution in [2.24, 2.45) is 0 Å². The zero-order chi connectivity index (χ0) is 16.2. The Morgan fingerprint density at radius 3 is 2.52 bits per heavy atom. The van der Waals surface area contributed by atoms with Crippen LogP contribution in [0.1, 0.15) is 0 Å². The number of benzene rings is 2. The Morgan fingerprint density at radius 2 is 1.78 bits per heavy atom. The van der Waals surface area contributed by atoms with Crippen LogP contribution in [0.15, 0.2) is 41.3 Å². The number of anilines is 1. The number of hydrogen-bond acceptors (Lipinski definition) is 4. The largest absolute Gasteiger partial charge is 0.486 e. The Morgan fingerprint density at radius 1 is 1.09 bits per heavy atom. The minimum atomic E-state index is -0.173. The maximum absolute atomic E-state index is 12.1. The molecule has 0 saturated carbocycles. The monoisotopic (exact) mass is 369 g/mol. The van der Waals surface area contributed by atoms with Crippen LogP contribution < -0.4 is 14.8 Å². The molecule has 23 heavy (non-hydrogen) atoms. The van der Waals surface area contributed by atoms with Gasteiger partial charge in [0.25, 0.3) is 0 Å². The predicted molar refractivity (Wildman–Crippen MR) is 93.2 cm³/mol. The first-order valence-corrected chi connectivity index (χ1v) is 8.64. The molecule has 0 saturated heterocycles. The first kappa shape index (κ1) is 16.3. The van der Waals surface area contributed by atoms with Crippen molar-refractivity contribution in [3.8, 4) is 11.5 Å². The van der Waals surface area contributed by atoms with Crippen molar-refractivity contribution in [2.45, 2.75) is 4.90 Å². The summed E-state index contributed by atoms with van der Waals surface area (Å²) in [6.07, 6.45) is 0. The molecule has 0 fully saturated rings. The van der Waals surface area contributed by atoms with Crippen LogP contribution in [0.4, 0.5) is 5.69 Å². The molecule has 0 aliphatic carbocycles. The first-order chi connectivity index (χ1) is 11.1. The van der Waals surface area contributed by atoms with Gasteiger partial charge in [-0.25, -0.2) is 0 Å². The highest BCUT2D eigenvalue weighted by atomic mass is 35.5. The highest BCUT2D eigenvalue weighted by molar-refractivity contribution is 8.00. The van der Waals surface area contributed by atoms with Gasteiger partial charge in [-0.2, -0.15) is 0 Å². The van der Waals surface area contributed by atoms with Crippen molar-refractivity contribution in [3.05, 3.63) is 46.4 Å². The predicted octanol–water partition coefficient (Wildman–Crippen LogP) is 4.50. The SMILES string of the molecule is O=C(CSc1ccccc1Cl)Nc1cc2c(cc1Cl)OCCO2. The van der Waals surface area contributed by atoms with Gasteiger partial charge in [0, 0.05) is 17.0 Å². The Labute approximate surface area is 148 Å². The molecule has 1 amide bonds. The summed E-state index contributed by atoms with van der Waals surface area (Å²) in [4.78, 5) is 13.0. The van der Waals surface area contributed by atoms with Crippen molar-refractivity contribution in [2.75, 3.05) is 24.3 Å². The summed E-state index contributed by atoms with van der Waals surface area (Å²) in [5.74, 6) is 1.22. The molecule has 2 aromatic rings. The maximum Gasteiger partial charge on any atom is 0.234 e. The number of halogens is 2. The van der Waals surface area contributed by atoms with Gasteiger partial charge in [-0.3, -0.25) is 4.79 Å². The second-order valence-corrected chi connectivity index (χ2v) is 6.57. The van der Waals surface area contributed by atoms with Gasteiger partial charge < -0.3 is 14.8 Å². The number of nitrogens with one attached hydrogen (secondary N) is 1. The molecule has 0 bridgehead atoms. The van der Waals surface area contributed by atoms with E-state index >= 15 is 0 Å². The van der Waals surface area contributed by atoms with Crippen LogP contribution in [0.5, 0.6) is 11.5 Å². The standard InChI is InChI=1S/C16H13Cl2NO3S/c17-10-3-1-2-4-15(10)23-9-16(20)19-12-8-14-13(7-11(12)18)21-5-6-22-14/h1-4,7-8H,5-6,9H2,(H,19,20). The summed E-state index contributed by atoms with van der Waals surface area (Å²) in [6, 6.07) is 10.7. The maximum atomic E-state index is 12.1. The van der Waals surface area contributed by atoms with Gasteiger partial charge in [-0.1, -0.05) is 35.3 Å². The lowest BCUT2D eigenvalue weighted by Crippen LogP contribution is -2.17. The molecule has 0 unspecified atom stereocenters. The van der Waals surface area contributed by atoms with Gasteiger partial charge in [-0.15, -0.1) is 11.8 Å². The number of carbonyl (C=O) groups is 1. The zero-order valence-corrected chi connectivity index (χ0v) is 14.3. The van der Waals surface area contributed by atoms with Gasteiger partial charge >= 0.3 is 0 Å². The van der Waals surface area contributed by atoms with Crippen molar-refractivity contribution in [1.29, 1.82) is 0 Å². The van der Waals surface area contributed by atoms with Crippen LogP contribution in [0.3, 0.4) is 0 Å². The molecule has 120 valence electrons. The van der Waals surface area contributed by atoms with Crippen LogP contribution in [0, 0.1) is 0 Å². The molecule has 4 nitrogen and oxygen atoms in total. The zero-order valence-electron chi connectivity index (χ0n) is 12.0. The Balaban J connectivity index is 1.65. The number of fused-ring (bicyclic) bond motifs is 1. The minimum absolute atomic E-state index is 0.173. The van der Waals surface area contributed by atoms with E-state index in [-0.39, 0.29) is 11.7 Å². The summed E-state index contributed by atoms with van der Waals surface area (Å²) in [7, 11) is 0. The van der Waals surface area contributed by atoms with E-state index in [1.165, 1.54) is 11.8 Å². The molecular weight excluding hydrogens is 357 g/mol. The quantitative estimate of drug-likeness (QED) is 0.806. The van der Waals surface area contributed by atoms with E-state index in [1.54, 1.807) is 18.2 Å². The lowest BCUT2D eigenvalue weighted by molar-refractivity contribution is -0.113. The number of rotatable bonds is 4. The smallest absolute Gasteiger partial charge is 0.234 e. The molecule has 3 rings (SSSR count). The van der Waals surface area contributed by atoms with E-state index in [9.17, 15) is 4.79 Å². The summed E-state index contributed by atoms with van der Waals surface area (Å²) < 4.78 is 10.9. The third kappa shape index (κ3) is 4.05. The lowest BCUT2D eigenvalue weighted by atomic mass is 10.2. The van der Waals surface area contributed by atoms with E-state index in [4.69, 9.17) is 32.7 Å². The van der Waals surface area contributed by atoms with Gasteiger partial charge in [-0.05, 0) is 12.1 Å². The van der Waals surface area contributed by atoms with E-state index in [0.29, 0.717) is 40.4 Å². The molecule has 0 spiro atoms. The second-order valence-electron chi connectivity index (χ2n) is 4.74. The van der Waals surface area contributed by atoms with Gasteiger partial charge in [0.1, 0.15) is 13.2 Å². The number of hydrogen-bond donors (Lipinski definition) is 1. The number of thioether (sulfide) groups is 1. The van der Waals surface area contributed by atoms with Crippen LogP contribution in [-0.4, -0.2) is 24.9 Å². The molecular formula is C16H13Cl2NO3S. The summed E-state index contributed by atoms with van der Waals surface area (Å²) in [5, 5.41) is 3.81. The fourth-order valence-corrected chi connectivity index (χ4v) is 3.29. The van der Waals surface area contributed by atoms with Gasteiger partial charge in [0.05, 0.1) is 21.5 Å². The molecule has 0 aromatic heterocycles. The summed E-state index contributed by atoms with van der Waals surface area (Å²) in [6.45, 7) is 0.966. The molecule has 1 N–H and O–H groups in total.